The van der Waals surface area contributed by atoms with E-state index in [0.29, 0.717) is 0 Å². The summed E-state index contributed by atoms with van der Waals surface area (Å²) in [5.74, 6) is -0.385. The summed E-state index contributed by atoms with van der Waals surface area (Å²) >= 11 is 0. The largest absolute Gasteiger partial charge is 0.456 e. The van der Waals surface area contributed by atoms with Gasteiger partial charge >= 0.3 is 5.97 Å². The first kappa shape index (κ1) is 16.2. The molecule has 2 atom stereocenters. The third-order valence-corrected chi connectivity index (χ3v) is 4.09. The molecule has 0 radical (unpaired) electrons. The van der Waals surface area contributed by atoms with Gasteiger partial charge in [0.2, 0.25) is 0 Å². The standard InChI is InChI=1S/C21H20O3/c1-15(18-13-12-16-8-6-7-11-19(16)14-18)24-21(22)20(23-2)17-9-4-3-5-10-17/h3-15,20H,1-2H3/t15-,20+/m0/s1. The van der Waals surface area contributed by atoms with Crippen LogP contribution in [0.25, 0.3) is 10.8 Å². The number of esters is 1. The number of hydrogen-bond donors (Lipinski definition) is 0. The highest BCUT2D eigenvalue weighted by molar-refractivity contribution is 5.83. The van der Waals surface area contributed by atoms with Crippen molar-refractivity contribution in [1.82, 2.24) is 0 Å². The minimum Gasteiger partial charge on any atom is -0.456 e. The fourth-order valence-corrected chi connectivity index (χ4v) is 2.76. The molecule has 0 aliphatic heterocycles. The van der Waals surface area contributed by atoms with Gasteiger partial charge in [0.25, 0.3) is 0 Å². The predicted molar refractivity (Wildman–Crippen MR) is 94.6 cm³/mol. The summed E-state index contributed by atoms with van der Waals surface area (Å²) in [5.41, 5.74) is 1.75. The third-order valence-electron chi connectivity index (χ3n) is 4.09. The topological polar surface area (TPSA) is 35.5 Å². The van der Waals surface area contributed by atoms with Gasteiger partial charge in [0, 0.05) is 7.11 Å². The lowest BCUT2D eigenvalue weighted by molar-refractivity contribution is -0.161. The molecule has 122 valence electrons. The Morgan fingerprint density at radius 3 is 2.21 bits per heavy atom. The molecule has 0 unspecified atom stereocenters. The minimum absolute atomic E-state index is 0.344. The second kappa shape index (κ2) is 7.28. The molecule has 0 bridgehead atoms. The average molecular weight is 320 g/mol. The maximum absolute atomic E-state index is 12.5. The predicted octanol–water partition coefficient (Wildman–Crippen LogP) is 4.83. The van der Waals surface area contributed by atoms with E-state index in [1.807, 2.05) is 61.5 Å². The van der Waals surface area contributed by atoms with E-state index < -0.39 is 6.10 Å². The van der Waals surface area contributed by atoms with Gasteiger partial charge in [0.15, 0.2) is 6.10 Å². The van der Waals surface area contributed by atoms with E-state index in [-0.39, 0.29) is 12.1 Å². The molecule has 3 rings (SSSR count). The van der Waals surface area contributed by atoms with Crippen molar-refractivity contribution in [2.24, 2.45) is 0 Å². The highest BCUT2D eigenvalue weighted by atomic mass is 16.6. The smallest absolute Gasteiger partial charge is 0.340 e. The van der Waals surface area contributed by atoms with Gasteiger partial charge in [-0.05, 0) is 34.9 Å². The van der Waals surface area contributed by atoms with Crippen LogP contribution in [0.15, 0.2) is 72.8 Å². The van der Waals surface area contributed by atoms with E-state index in [9.17, 15) is 4.79 Å². The highest BCUT2D eigenvalue weighted by Gasteiger charge is 2.24. The van der Waals surface area contributed by atoms with E-state index >= 15 is 0 Å². The fraction of sp³-hybridized carbons (Fsp3) is 0.190. The average Bonchev–Trinajstić information content (AvgIpc) is 2.62. The van der Waals surface area contributed by atoms with E-state index in [4.69, 9.17) is 9.47 Å². The Balaban J connectivity index is 1.77. The van der Waals surface area contributed by atoms with Crippen molar-refractivity contribution in [2.45, 2.75) is 19.1 Å². The Labute approximate surface area is 141 Å². The maximum atomic E-state index is 12.5. The van der Waals surface area contributed by atoms with Crippen molar-refractivity contribution in [1.29, 1.82) is 0 Å². The first-order valence-electron chi connectivity index (χ1n) is 7.96. The molecule has 3 aromatic carbocycles. The molecule has 24 heavy (non-hydrogen) atoms. The molecule has 0 spiro atoms. The minimum atomic E-state index is -0.714. The van der Waals surface area contributed by atoms with Crippen LogP contribution in [-0.4, -0.2) is 13.1 Å². The normalized spacial score (nSPS) is 13.4. The van der Waals surface area contributed by atoms with Crippen LogP contribution in [0.4, 0.5) is 0 Å². The monoisotopic (exact) mass is 320 g/mol. The molecule has 0 aliphatic rings. The molecular weight excluding hydrogens is 300 g/mol. The summed E-state index contributed by atoms with van der Waals surface area (Å²) in [6.07, 6.45) is -1.06. The fourth-order valence-electron chi connectivity index (χ4n) is 2.76. The van der Waals surface area contributed by atoms with Crippen LogP contribution in [-0.2, 0) is 14.3 Å². The molecule has 3 nitrogen and oxygen atoms in total. The van der Waals surface area contributed by atoms with Crippen molar-refractivity contribution >= 4 is 16.7 Å². The summed E-state index contributed by atoms with van der Waals surface area (Å²) in [6.45, 7) is 1.87. The quantitative estimate of drug-likeness (QED) is 0.632. The number of benzene rings is 3. The van der Waals surface area contributed by atoms with Crippen molar-refractivity contribution < 1.29 is 14.3 Å². The Morgan fingerprint density at radius 1 is 0.833 bits per heavy atom. The molecule has 0 saturated carbocycles. The molecule has 3 aromatic rings. The summed E-state index contributed by atoms with van der Waals surface area (Å²) in [5, 5.41) is 2.29. The number of ether oxygens (including phenoxy) is 2. The van der Waals surface area contributed by atoms with E-state index in [2.05, 4.69) is 18.2 Å². The lowest BCUT2D eigenvalue weighted by Crippen LogP contribution is -2.19. The zero-order chi connectivity index (χ0) is 16.9. The molecule has 0 heterocycles. The number of carbonyl (C=O) groups excluding carboxylic acids is 1. The molecule has 0 amide bonds. The molecule has 0 aromatic heterocycles. The Bertz CT molecular complexity index is 827. The summed E-state index contributed by atoms with van der Waals surface area (Å²) in [6, 6.07) is 23.6. The number of methoxy groups -OCH3 is 1. The van der Waals surface area contributed by atoms with Crippen LogP contribution in [0, 0.1) is 0 Å². The number of hydrogen-bond acceptors (Lipinski definition) is 3. The maximum Gasteiger partial charge on any atom is 0.340 e. The number of fused-ring (bicyclic) bond motifs is 1. The van der Waals surface area contributed by atoms with Gasteiger partial charge in [-0.1, -0.05) is 66.7 Å². The molecule has 0 aliphatic carbocycles. The van der Waals surface area contributed by atoms with Crippen molar-refractivity contribution in [3.05, 3.63) is 83.9 Å². The summed E-state index contributed by atoms with van der Waals surface area (Å²) in [7, 11) is 1.51. The Hall–Kier alpha value is -2.65. The van der Waals surface area contributed by atoms with Crippen LogP contribution >= 0.6 is 0 Å². The first-order valence-corrected chi connectivity index (χ1v) is 7.96. The van der Waals surface area contributed by atoms with E-state index in [0.717, 1.165) is 16.5 Å². The first-order chi connectivity index (χ1) is 11.7. The Morgan fingerprint density at radius 2 is 1.50 bits per heavy atom. The molecular formula is C21H20O3. The zero-order valence-electron chi connectivity index (χ0n) is 13.8. The van der Waals surface area contributed by atoms with E-state index in [1.54, 1.807) is 0 Å². The van der Waals surface area contributed by atoms with Crippen LogP contribution in [0.2, 0.25) is 0 Å². The molecule has 3 heteroatoms. The SMILES string of the molecule is CO[C@@H](C(=O)O[C@@H](C)c1ccc2ccccc2c1)c1ccccc1. The molecule has 0 N–H and O–H groups in total. The van der Waals surface area contributed by atoms with Crippen LogP contribution in [0.5, 0.6) is 0 Å². The van der Waals surface area contributed by atoms with Gasteiger partial charge in [0.05, 0.1) is 0 Å². The van der Waals surface area contributed by atoms with E-state index in [1.165, 1.54) is 12.5 Å². The summed E-state index contributed by atoms with van der Waals surface area (Å²) in [4.78, 5) is 12.5. The van der Waals surface area contributed by atoms with Gasteiger partial charge in [0.1, 0.15) is 6.10 Å². The van der Waals surface area contributed by atoms with Gasteiger partial charge < -0.3 is 9.47 Å². The number of carbonyl (C=O) groups is 1. The number of rotatable bonds is 5. The molecule has 0 fully saturated rings. The lowest BCUT2D eigenvalue weighted by atomic mass is 10.0. The van der Waals surface area contributed by atoms with Gasteiger partial charge in [-0.3, -0.25) is 0 Å². The highest BCUT2D eigenvalue weighted by Crippen LogP contribution is 2.26. The van der Waals surface area contributed by atoms with Gasteiger partial charge in [-0.15, -0.1) is 0 Å². The second-order valence-corrected chi connectivity index (χ2v) is 5.71. The Kier molecular flexibility index (Phi) is 4.92. The van der Waals surface area contributed by atoms with Crippen molar-refractivity contribution in [3.63, 3.8) is 0 Å². The zero-order valence-corrected chi connectivity index (χ0v) is 13.8. The van der Waals surface area contributed by atoms with Crippen LogP contribution in [0.3, 0.4) is 0 Å². The van der Waals surface area contributed by atoms with Crippen molar-refractivity contribution in [3.8, 4) is 0 Å². The van der Waals surface area contributed by atoms with Gasteiger partial charge in [-0.25, -0.2) is 4.79 Å². The molecule has 0 saturated heterocycles. The van der Waals surface area contributed by atoms with Crippen molar-refractivity contribution in [2.75, 3.05) is 7.11 Å². The third kappa shape index (κ3) is 3.47. The van der Waals surface area contributed by atoms with Crippen LogP contribution in [0.1, 0.15) is 30.3 Å². The summed E-state index contributed by atoms with van der Waals surface area (Å²) < 4.78 is 11.0. The van der Waals surface area contributed by atoms with Gasteiger partial charge in [-0.2, -0.15) is 0 Å². The van der Waals surface area contributed by atoms with Crippen LogP contribution < -0.4 is 0 Å². The lowest BCUT2D eigenvalue weighted by Gasteiger charge is -2.19. The second-order valence-electron chi connectivity index (χ2n) is 5.71.